The number of ketones is 1. The van der Waals surface area contributed by atoms with Crippen molar-refractivity contribution in [3.8, 4) is 0 Å². The zero-order valence-electron chi connectivity index (χ0n) is 60.4. The Morgan fingerprint density at radius 3 is 2.13 bits per heavy atom. The molecule has 1 heterocycles. The van der Waals surface area contributed by atoms with Crippen molar-refractivity contribution in [2.45, 2.75) is 252 Å². The lowest BCUT2D eigenvalue weighted by molar-refractivity contribution is -0.347. The molecule has 2 aromatic carbocycles. The van der Waals surface area contributed by atoms with Crippen molar-refractivity contribution in [1.29, 1.82) is 0 Å². The first-order valence-electron chi connectivity index (χ1n) is 35.9. The lowest BCUT2D eigenvalue weighted by atomic mass is 9.44. The monoisotopic (exact) mass is 1360 g/mol. The van der Waals surface area contributed by atoms with Crippen molar-refractivity contribution in [2.75, 3.05) is 27.4 Å². The van der Waals surface area contributed by atoms with Crippen LogP contribution in [0.4, 0.5) is 4.79 Å². The molecule has 98 heavy (non-hydrogen) atoms. The summed E-state index contributed by atoms with van der Waals surface area (Å²) in [5.74, 6) is -2.95. The minimum atomic E-state index is -2.36. The Labute approximate surface area is 578 Å². The fraction of sp³-hybridized carbons (Fsp3) is 0.692. The molecule has 0 radical (unpaired) electrons. The first-order chi connectivity index (χ1) is 46.2. The molecule has 3 unspecified atom stereocenters. The maximum Gasteiger partial charge on any atom is 0.408 e. The molecule has 10 rings (SSSR count). The zero-order chi connectivity index (χ0) is 71.2. The summed E-state index contributed by atoms with van der Waals surface area (Å²) in [5, 5.41) is 19.5. The normalized spacial score (nSPS) is 34.6. The third-order valence-electron chi connectivity index (χ3n) is 24.8. The van der Waals surface area contributed by atoms with E-state index in [4.69, 9.17) is 42.6 Å². The molecule has 1 saturated heterocycles. The number of aliphatic hydroxyl groups is 1. The Balaban J connectivity index is 0.871. The number of amides is 2. The van der Waals surface area contributed by atoms with Crippen molar-refractivity contribution in [3.05, 3.63) is 94.6 Å². The van der Waals surface area contributed by atoms with Gasteiger partial charge in [-0.05, 0) is 155 Å². The van der Waals surface area contributed by atoms with Crippen LogP contribution in [0.15, 0.2) is 83.5 Å². The third kappa shape index (κ3) is 14.0. The number of ether oxygens (including phenoxy) is 9. The van der Waals surface area contributed by atoms with E-state index >= 15 is 9.59 Å². The van der Waals surface area contributed by atoms with Crippen molar-refractivity contribution in [3.63, 3.8) is 0 Å². The topological polar surface area (TPSA) is 264 Å². The molecule has 1 aliphatic heterocycles. The van der Waals surface area contributed by atoms with Gasteiger partial charge in [-0.25, -0.2) is 14.4 Å². The van der Waals surface area contributed by atoms with Gasteiger partial charge in [0.2, 0.25) is 12.0 Å². The summed E-state index contributed by atoms with van der Waals surface area (Å²) in [4.78, 5) is 115. The first-order valence-corrected chi connectivity index (χ1v) is 35.9. The summed E-state index contributed by atoms with van der Waals surface area (Å²) < 4.78 is 55.7. The van der Waals surface area contributed by atoms with Crippen LogP contribution in [-0.4, -0.2) is 140 Å². The van der Waals surface area contributed by atoms with Crippen molar-refractivity contribution >= 4 is 47.6 Å². The quantitative estimate of drug-likeness (QED) is 0.0562. The summed E-state index contributed by atoms with van der Waals surface area (Å²) in [6.07, 6.45) is 3.27. The van der Waals surface area contributed by atoms with Crippen molar-refractivity contribution in [1.82, 2.24) is 10.6 Å². The minimum absolute atomic E-state index is 0.0465. The predicted molar refractivity (Wildman–Crippen MR) is 362 cm³/mol. The molecule has 538 valence electrons. The molecule has 20 nitrogen and oxygen atoms in total. The number of methoxy groups -OCH3 is 2. The summed E-state index contributed by atoms with van der Waals surface area (Å²) in [5.41, 5.74) is -5.82. The van der Waals surface area contributed by atoms with Crippen molar-refractivity contribution < 1.29 is 86.1 Å². The van der Waals surface area contributed by atoms with E-state index in [0.717, 1.165) is 42.9 Å². The molecule has 5 saturated carbocycles. The number of Topliss-reactive ketones (excluding diaryl/α,β-unsaturated/α-hetero) is 1. The van der Waals surface area contributed by atoms with Gasteiger partial charge in [-0.3, -0.25) is 24.0 Å². The Kier molecular flexibility index (Phi) is 21.9. The number of rotatable bonds is 22. The Bertz CT molecular complexity index is 3380. The van der Waals surface area contributed by atoms with Gasteiger partial charge in [-0.15, -0.1) is 0 Å². The highest BCUT2D eigenvalue weighted by Gasteiger charge is 2.78. The molecule has 3 N–H and O–H groups in total. The second-order valence-electron chi connectivity index (χ2n) is 32.4. The fourth-order valence-electron chi connectivity index (χ4n) is 19.8. The zero-order valence-corrected chi connectivity index (χ0v) is 60.4. The average Bonchev–Trinajstić information content (AvgIpc) is 0.781. The van der Waals surface area contributed by atoms with Gasteiger partial charge in [0.05, 0.1) is 36.0 Å². The predicted octanol–water partition coefficient (Wildman–Crippen LogP) is 12.0. The Morgan fingerprint density at radius 1 is 0.806 bits per heavy atom. The number of benzene rings is 2. The maximum absolute atomic E-state index is 16.0. The van der Waals surface area contributed by atoms with Crippen LogP contribution >= 0.6 is 0 Å². The van der Waals surface area contributed by atoms with Gasteiger partial charge in [0.1, 0.15) is 54.3 Å². The van der Waals surface area contributed by atoms with Gasteiger partial charge in [0.25, 0.3) is 0 Å². The molecule has 6 fully saturated rings. The van der Waals surface area contributed by atoms with Crippen molar-refractivity contribution in [2.24, 2.45) is 63.1 Å². The number of carbonyl (C=O) groups excluding carboxylic acids is 8. The van der Waals surface area contributed by atoms with Crippen LogP contribution in [0.5, 0.6) is 0 Å². The number of fused-ring (bicyclic) bond motifs is 10. The Hall–Kier alpha value is -6.48. The molecule has 20 heteroatoms. The summed E-state index contributed by atoms with van der Waals surface area (Å²) in [6.45, 7) is 24.2. The number of nitrogens with one attached hydrogen (secondary N) is 2. The van der Waals surface area contributed by atoms with Crippen LogP contribution in [0.25, 0.3) is 0 Å². The van der Waals surface area contributed by atoms with E-state index in [-0.39, 0.29) is 46.8 Å². The second kappa shape index (κ2) is 28.9. The number of allylic oxidation sites excluding steroid dienone is 1. The SMILES string of the molecule is CO[C@H]1C(=O)[C@]2(C)[C@@H](OC)C[C@H]3OC[C@@]3(OC(C)=O)[C@H]2[C@H](OC(=O)c2ccccc2)[C@]2(O)C[C@H](OC(=O)[C@H](OC(=O)CCC(=O)NCC(=O)O[C@H]3CC[C@@]4(C)C(=CCC5C4CC[C@@]4(C)C5CC[C@@H]4[C@H](C)CCCC(C)C)C3)[C@@H](NC(=O)OC(C)(C)C)c3ccccc3)C(C)=C1C2(C)C. The van der Waals surface area contributed by atoms with Gasteiger partial charge in [0, 0.05) is 52.2 Å². The van der Waals surface area contributed by atoms with E-state index in [1.807, 2.05) is 0 Å². The van der Waals surface area contributed by atoms with Crippen LogP contribution in [0, 0.1) is 63.1 Å². The molecule has 8 aliphatic rings. The third-order valence-corrected chi connectivity index (χ3v) is 24.8. The molecule has 2 amide bonds. The highest BCUT2D eigenvalue weighted by atomic mass is 16.6. The standard InChI is InChI=1S/C78H108N2O18/c1-44(2)23-22-24-45(3)53-31-32-54-52-30-29-50-39-51(35-37-74(50,11)55(52)36-38-75(53,54)12)93-61(84)42-79-59(82)33-34-60(83)95-65(63(48-25-18-16-19-26-48)80-71(88)98-72(6,7)8)70(87)94-56-41-78(89)68(96-69(86)49-27-20-17-21-28-49)66-76(13,67(85)64(91-15)62(46(56)4)73(78,9)10)57(90-14)40-58-77(66,43-92-58)97-47(5)81/h16-21,25-29,44-45,51-58,63-66,68,89H,22-24,30-43H2,1-15H3,(H,79,82)(H,80,88)/t45-,51+,52?,53-,54?,55?,56+,57+,58-,63+,64-,65-,66+,68+,74+,75-,76-,77+,78-/m1/s1. The van der Waals surface area contributed by atoms with Crippen LogP contribution in [-0.2, 0) is 71.4 Å². The first kappa shape index (κ1) is 74.2. The maximum atomic E-state index is 16.0. The number of alkyl carbamates (subject to hydrolysis) is 1. The number of hydrogen-bond donors (Lipinski definition) is 3. The summed E-state index contributed by atoms with van der Waals surface area (Å²) in [6, 6.07) is 14.7. The van der Waals surface area contributed by atoms with Gasteiger partial charge in [-0.2, -0.15) is 0 Å². The van der Waals surface area contributed by atoms with Gasteiger partial charge in [-0.1, -0.05) is 128 Å². The van der Waals surface area contributed by atoms with E-state index < -0.39 is 150 Å². The van der Waals surface area contributed by atoms with Gasteiger partial charge < -0.3 is 58.4 Å². The van der Waals surface area contributed by atoms with E-state index in [9.17, 15) is 33.9 Å². The highest BCUT2D eigenvalue weighted by Crippen LogP contribution is 2.69. The summed E-state index contributed by atoms with van der Waals surface area (Å²) >= 11 is 0. The largest absolute Gasteiger partial charge is 0.461 e. The lowest BCUT2D eigenvalue weighted by Crippen LogP contribution is -2.82. The van der Waals surface area contributed by atoms with Crippen LogP contribution in [0.3, 0.4) is 0 Å². The summed E-state index contributed by atoms with van der Waals surface area (Å²) in [7, 11) is 2.75. The van der Waals surface area contributed by atoms with E-state index in [1.165, 1.54) is 83.8 Å². The smallest absolute Gasteiger partial charge is 0.408 e. The van der Waals surface area contributed by atoms with E-state index in [1.54, 1.807) is 97.0 Å². The van der Waals surface area contributed by atoms with Crippen LogP contribution in [0.1, 0.15) is 208 Å². The average molecular weight is 1360 g/mol. The molecule has 2 bridgehead atoms. The minimum Gasteiger partial charge on any atom is -0.461 e. The molecule has 2 aromatic rings. The highest BCUT2D eigenvalue weighted by molar-refractivity contribution is 5.94. The molecular weight excluding hydrogens is 1250 g/mol. The number of hydrogen-bond acceptors (Lipinski definition) is 18. The lowest BCUT2D eigenvalue weighted by Gasteiger charge is -2.67. The van der Waals surface area contributed by atoms with Crippen LogP contribution in [0.2, 0.25) is 0 Å². The van der Waals surface area contributed by atoms with Crippen LogP contribution < -0.4 is 10.6 Å². The second-order valence-corrected chi connectivity index (χ2v) is 32.4. The Morgan fingerprint density at radius 2 is 1.50 bits per heavy atom. The van der Waals surface area contributed by atoms with Gasteiger partial charge in [0.15, 0.2) is 11.4 Å². The van der Waals surface area contributed by atoms with E-state index in [2.05, 4.69) is 51.3 Å². The molecular formula is C78H108N2O18. The number of carbonyl (C=O) groups is 8. The number of esters is 5. The molecule has 7 aliphatic carbocycles. The van der Waals surface area contributed by atoms with Gasteiger partial charge >= 0.3 is 35.9 Å². The molecule has 0 aromatic heterocycles. The fourth-order valence-corrected chi connectivity index (χ4v) is 19.8. The molecule has 0 spiro atoms. The molecule has 19 atom stereocenters. The van der Waals surface area contributed by atoms with E-state index in [0.29, 0.717) is 23.7 Å².